The maximum absolute atomic E-state index is 6.07. The first-order valence-corrected chi connectivity index (χ1v) is 8.06. The summed E-state index contributed by atoms with van der Waals surface area (Å²) < 4.78 is 0. The van der Waals surface area contributed by atoms with Gasteiger partial charge in [-0.2, -0.15) is 0 Å². The fourth-order valence-electron chi connectivity index (χ4n) is 2.34. The van der Waals surface area contributed by atoms with Gasteiger partial charge in [0.2, 0.25) is 0 Å². The van der Waals surface area contributed by atoms with E-state index in [2.05, 4.69) is 18.3 Å². The lowest BCUT2D eigenvalue weighted by atomic mass is 10.00. The molecule has 0 aliphatic heterocycles. The van der Waals surface area contributed by atoms with E-state index in [-0.39, 0.29) is 0 Å². The summed E-state index contributed by atoms with van der Waals surface area (Å²) in [6.07, 6.45) is 9.12. The molecule has 1 atom stereocenters. The summed E-state index contributed by atoms with van der Waals surface area (Å²) in [4.78, 5) is 0. The normalized spacial score (nSPS) is 12.6. The quantitative estimate of drug-likeness (QED) is 0.551. The van der Waals surface area contributed by atoms with E-state index in [0.29, 0.717) is 16.1 Å². The van der Waals surface area contributed by atoms with E-state index in [1.54, 1.807) is 0 Å². The van der Waals surface area contributed by atoms with Crippen LogP contribution in [0.25, 0.3) is 0 Å². The molecule has 1 N–H and O–H groups in total. The molecule has 19 heavy (non-hydrogen) atoms. The zero-order chi connectivity index (χ0) is 14.1. The standard InChI is InChI=1S/C16H25Cl2N/c1-3-4-5-6-7-8-9-16(19-2)13-10-11-14(17)15(18)12-13/h10-12,16,19H,3-9H2,1-2H3. The van der Waals surface area contributed by atoms with Crippen molar-refractivity contribution in [2.45, 2.75) is 57.9 Å². The van der Waals surface area contributed by atoms with Crippen molar-refractivity contribution in [3.05, 3.63) is 33.8 Å². The zero-order valence-electron chi connectivity index (χ0n) is 12.0. The summed E-state index contributed by atoms with van der Waals surface area (Å²) in [6.45, 7) is 2.25. The summed E-state index contributed by atoms with van der Waals surface area (Å²) in [6, 6.07) is 6.29. The van der Waals surface area contributed by atoms with E-state index in [4.69, 9.17) is 23.2 Å². The Morgan fingerprint density at radius 2 is 1.68 bits per heavy atom. The van der Waals surface area contributed by atoms with Crippen LogP contribution in [0.15, 0.2) is 18.2 Å². The third-order valence-electron chi connectivity index (χ3n) is 3.54. The van der Waals surface area contributed by atoms with Gasteiger partial charge in [0.15, 0.2) is 0 Å². The second kappa shape index (κ2) is 9.63. The van der Waals surface area contributed by atoms with Gasteiger partial charge in [-0.3, -0.25) is 0 Å². The molecule has 3 heteroatoms. The molecule has 0 heterocycles. The Morgan fingerprint density at radius 3 is 2.32 bits per heavy atom. The monoisotopic (exact) mass is 301 g/mol. The molecule has 0 aromatic heterocycles. The number of halogens is 2. The lowest BCUT2D eigenvalue weighted by molar-refractivity contribution is 0.498. The van der Waals surface area contributed by atoms with Crippen molar-refractivity contribution in [1.29, 1.82) is 0 Å². The first-order chi connectivity index (χ1) is 9.19. The number of rotatable bonds is 9. The lowest BCUT2D eigenvalue weighted by Crippen LogP contribution is -2.16. The van der Waals surface area contributed by atoms with Crippen LogP contribution < -0.4 is 5.32 Å². The Labute approximate surface area is 127 Å². The summed E-state index contributed by atoms with van der Waals surface area (Å²) in [5.74, 6) is 0. The summed E-state index contributed by atoms with van der Waals surface area (Å²) in [5, 5.41) is 4.63. The molecule has 1 aromatic rings. The molecular formula is C16H25Cl2N. The van der Waals surface area contributed by atoms with Gasteiger partial charge in [-0.15, -0.1) is 0 Å². The molecule has 108 valence electrons. The zero-order valence-corrected chi connectivity index (χ0v) is 13.5. The molecule has 1 aromatic carbocycles. The fourth-order valence-corrected chi connectivity index (χ4v) is 2.64. The summed E-state index contributed by atoms with van der Waals surface area (Å²) >= 11 is 12.0. The van der Waals surface area contributed by atoms with E-state index >= 15 is 0 Å². The van der Waals surface area contributed by atoms with Crippen molar-refractivity contribution in [3.8, 4) is 0 Å². The second-order valence-corrected chi connectivity index (χ2v) is 5.89. The minimum absolute atomic E-state index is 0.376. The van der Waals surface area contributed by atoms with E-state index < -0.39 is 0 Å². The predicted octanol–water partition coefficient (Wildman–Crippen LogP) is 6.00. The van der Waals surface area contributed by atoms with Crippen molar-refractivity contribution in [1.82, 2.24) is 5.32 Å². The maximum Gasteiger partial charge on any atom is 0.0595 e. The van der Waals surface area contributed by atoms with Gasteiger partial charge in [-0.1, -0.05) is 74.7 Å². The fraction of sp³-hybridized carbons (Fsp3) is 0.625. The molecule has 0 aliphatic rings. The van der Waals surface area contributed by atoms with Crippen LogP contribution in [0.5, 0.6) is 0 Å². The largest absolute Gasteiger partial charge is 0.313 e. The third kappa shape index (κ3) is 6.16. The molecule has 0 aliphatic carbocycles. The SMILES string of the molecule is CCCCCCCCC(NC)c1ccc(Cl)c(Cl)c1. The van der Waals surface area contributed by atoms with Gasteiger partial charge in [0, 0.05) is 6.04 Å². The summed E-state index contributed by atoms with van der Waals surface area (Å²) in [5.41, 5.74) is 1.23. The van der Waals surface area contributed by atoms with Crippen LogP contribution in [0.1, 0.15) is 63.5 Å². The van der Waals surface area contributed by atoms with Gasteiger partial charge in [0.25, 0.3) is 0 Å². The molecule has 0 spiro atoms. The average Bonchev–Trinajstić information content (AvgIpc) is 2.41. The molecule has 0 bridgehead atoms. The van der Waals surface area contributed by atoms with Gasteiger partial charge >= 0.3 is 0 Å². The molecule has 0 fully saturated rings. The van der Waals surface area contributed by atoms with Gasteiger partial charge in [0.1, 0.15) is 0 Å². The van der Waals surface area contributed by atoms with Gasteiger partial charge in [-0.05, 0) is 31.2 Å². The number of benzene rings is 1. The van der Waals surface area contributed by atoms with Crippen LogP contribution in [0.4, 0.5) is 0 Å². The highest BCUT2D eigenvalue weighted by Gasteiger charge is 2.10. The van der Waals surface area contributed by atoms with Crippen LogP contribution in [-0.2, 0) is 0 Å². The van der Waals surface area contributed by atoms with Gasteiger partial charge in [-0.25, -0.2) is 0 Å². The molecule has 0 saturated heterocycles. The van der Waals surface area contributed by atoms with Crippen LogP contribution in [-0.4, -0.2) is 7.05 Å². The Kier molecular flexibility index (Phi) is 8.52. The van der Waals surface area contributed by atoms with Crippen LogP contribution >= 0.6 is 23.2 Å². The Morgan fingerprint density at radius 1 is 1.00 bits per heavy atom. The van der Waals surface area contributed by atoms with Crippen molar-refractivity contribution in [2.24, 2.45) is 0 Å². The molecule has 1 unspecified atom stereocenters. The molecule has 0 amide bonds. The minimum Gasteiger partial charge on any atom is -0.313 e. The predicted molar refractivity (Wildman–Crippen MR) is 86.3 cm³/mol. The van der Waals surface area contributed by atoms with Crippen molar-refractivity contribution < 1.29 is 0 Å². The topological polar surface area (TPSA) is 12.0 Å². The Hall–Kier alpha value is -0.240. The average molecular weight is 302 g/mol. The van der Waals surface area contributed by atoms with E-state index in [9.17, 15) is 0 Å². The molecule has 1 nitrogen and oxygen atoms in total. The van der Waals surface area contributed by atoms with E-state index in [1.165, 1.54) is 44.1 Å². The van der Waals surface area contributed by atoms with Crippen molar-refractivity contribution >= 4 is 23.2 Å². The molecular weight excluding hydrogens is 277 g/mol. The van der Waals surface area contributed by atoms with Crippen LogP contribution in [0.3, 0.4) is 0 Å². The lowest BCUT2D eigenvalue weighted by Gasteiger charge is -2.17. The number of unbranched alkanes of at least 4 members (excludes halogenated alkanes) is 5. The van der Waals surface area contributed by atoms with E-state index in [0.717, 1.165) is 6.42 Å². The van der Waals surface area contributed by atoms with Crippen LogP contribution in [0, 0.1) is 0 Å². The highest BCUT2D eigenvalue weighted by atomic mass is 35.5. The number of hydrogen-bond donors (Lipinski definition) is 1. The van der Waals surface area contributed by atoms with Gasteiger partial charge < -0.3 is 5.32 Å². The maximum atomic E-state index is 6.07. The highest BCUT2D eigenvalue weighted by molar-refractivity contribution is 6.42. The number of hydrogen-bond acceptors (Lipinski definition) is 1. The molecule has 0 saturated carbocycles. The molecule has 0 radical (unpaired) electrons. The minimum atomic E-state index is 0.376. The van der Waals surface area contributed by atoms with Crippen molar-refractivity contribution in [3.63, 3.8) is 0 Å². The van der Waals surface area contributed by atoms with E-state index in [1.807, 2.05) is 19.2 Å². The first-order valence-electron chi connectivity index (χ1n) is 7.31. The smallest absolute Gasteiger partial charge is 0.0595 e. The van der Waals surface area contributed by atoms with Crippen molar-refractivity contribution in [2.75, 3.05) is 7.05 Å². The third-order valence-corrected chi connectivity index (χ3v) is 4.28. The summed E-state index contributed by atoms with van der Waals surface area (Å²) in [7, 11) is 2.00. The first kappa shape index (κ1) is 16.8. The Balaban J connectivity index is 2.38. The number of nitrogens with one attached hydrogen (secondary N) is 1. The highest BCUT2D eigenvalue weighted by Crippen LogP contribution is 2.27. The second-order valence-electron chi connectivity index (χ2n) is 5.07. The molecule has 1 rings (SSSR count). The Bertz CT molecular complexity index is 366. The van der Waals surface area contributed by atoms with Crippen LogP contribution in [0.2, 0.25) is 10.0 Å². The van der Waals surface area contributed by atoms with Gasteiger partial charge in [0.05, 0.1) is 10.0 Å².